The number of rotatable bonds is 6. The molecule has 0 unspecified atom stereocenters. The number of aromatic nitrogens is 5. The summed E-state index contributed by atoms with van der Waals surface area (Å²) in [4.78, 5) is 15.8. The largest absolute Gasteiger partial charge is 0.444 e. The molecule has 5 rings (SSSR count). The first-order valence-corrected chi connectivity index (χ1v) is 12.8. The number of halogens is 4. The minimum atomic E-state index is -2.92. The SMILES string of the molecule is CC(C)(C)OC(=O)N1CCN(c2cc(-c3cn(Cc4ccc(-c5nnc(C(F)F)o5)cc4F)nn3)ccc2F)CC1. The summed E-state index contributed by atoms with van der Waals surface area (Å²) in [6, 6.07) is 8.65. The van der Waals surface area contributed by atoms with Gasteiger partial charge in [-0.2, -0.15) is 8.78 Å². The Morgan fingerprint density at radius 2 is 1.71 bits per heavy atom. The third kappa shape index (κ3) is 6.47. The first-order valence-electron chi connectivity index (χ1n) is 12.8. The fourth-order valence-corrected chi connectivity index (χ4v) is 4.30. The van der Waals surface area contributed by atoms with E-state index < -0.39 is 35.6 Å². The molecule has 0 spiro atoms. The Labute approximate surface area is 232 Å². The Morgan fingerprint density at radius 3 is 2.37 bits per heavy atom. The van der Waals surface area contributed by atoms with Crippen LogP contribution in [0.2, 0.25) is 0 Å². The van der Waals surface area contributed by atoms with Crippen molar-refractivity contribution in [3.05, 3.63) is 65.7 Å². The fraction of sp³-hybridized carbons (Fsp3) is 0.370. The van der Waals surface area contributed by atoms with Crippen molar-refractivity contribution in [3.8, 4) is 22.7 Å². The van der Waals surface area contributed by atoms with Crippen molar-refractivity contribution < 1.29 is 31.5 Å². The molecule has 0 bridgehead atoms. The van der Waals surface area contributed by atoms with Gasteiger partial charge in [-0.1, -0.05) is 11.3 Å². The monoisotopic (exact) mass is 573 g/mol. The van der Waals surface area contributed by atoms with Crippen molar-refractivity contribution in [2.24, 2.45) is 0 Å². The maximum atomic E-state index is 14.8. The van der Waals surface area contributed by atoms with Gasteiger partial charge in [0.15, 0.2) is 0 Å². The van der Waals surface area contributed by atoms with Gasteiger partial charge in [-0.25, -0.2) is 18.3 Å². The van der Waals surface area contributed by atoms with E-state index in [0.29, 0.717) is 43.1 Å². The van der Waals surface area contributed by atoms with Gasteiger partial charge in [0.05, 0.1) is 18.4 Å². The van der Waals surface area contributed by atoms with Crippen LogP contribution in [0.3, 0.4) is 0 Å². The first-order chi connectivity index (χ1) is 19.5. The molecule has 0 saturated carbocycles. The molecule has 1 saturated heterocycles. The van der Waals surface area contributed by atoms with Gasteiger partial charge in [-0.3, -0.25) is 0 Å². The molecule has 41 heavy (non-hydrogen) atoms. The summed E-state index contributed by atoms with van der Waals surface area (Å²) < 4.78 is 66.7. The third-order valence-electron chi connectivity index (χ3n) is 6.31. The maximum Gasteiger partial charge on any atom is 0.410 e. The molecule has 2 aromatic heterocycles. The molecule has 1 aliphatic heterocycles. The average molecular weight is 574 g/mol. The van der Waals surface area contributed by atoms with E-state index in [9.17, 15) is 22.4 Å². The number of carbonyl (C=O) groups is 1. The highest BCUT2D eigenvalue weighted by atomic mass is 19.3. The van der Waals surface area contributed by atoms with Crippen LogP contribution in [0.5, 0.6) is 0 Å². The summed E-state index contributed by atoms with van der Waals surface area (Å²) in [5.74, 6) is -2.08. The maximum absolute atomic E-state index is 14.8. The van der Waals surface area contributed by atoms with Gasteiger partial charge in [-0.05, 0) is 51.1 Å². The van der Waals surface area contributed by atoms with Gasteiger partial charge < -0.3 is 19.0 Å². The summed E-state index contributed by atoms with van der Waals surface area (Å²) in [6.45, 7) is 7.07. The molecule has 1 amide bonds. The number of hydrogen-bond acceptors (Lipinski definition) is 8. The number of piperazine rings is 1. The highest BCUT2D eigenvalue weighted by molar-refractivity contribution is 5.69. The minimum Gasteiger partial charge on any atom is -0.444 e. The second kappa shape index (κ2) is 11.2. The fourth-order valence-electron chi connectivity index (χ4n) is 4.30. The Bertz CT molecular complexity index is 1540. The zero-order chi connectivity index (χ0) is 29.3. The quantitative estimate of drug-likeness (QED) is 0.286. The molecular weight excluding hydrogens is 546 g/mol. The molecule has 0 atom stereocenters. The van der Waals surface area contributed by atoms with E-state index in [1.54, 1.807) is 44.0 Å². The molecule has 3 heterocycles. The highest BCUT2D eigenvalue weighted by Crippen LogP contribution is 2.28. The molecule has 0 N–H and O–H groups in total. The summed E-state index contributed by atoms with van der Waals surface area (Å²) in [5, 5.41) is 15.0. The lowest BCUT2D eigenvalue weighted by atomic mass is 10.1. The van der Waals surface area contributed by atoms with E-state index >= 15 is 0 Å². The van der Waals surface area contributed by atoms with E-state index in [-0.39, 0.29) is 23.6 Å². The Kier molecular flexibility index (Phi) is 7.65. The molecule has 216 valence electrons. The zero-order valence-corrected chi connectivity index (χ0v) is 22.5. The number of hydrogen-bond donors (Lipinski definition) is 0. The van der Waals surface area contributed by atoms with Crippen molar-refractivity contribution in [1.29, 1.82) is 0 Å². The van der Waals surface area contributed by atoms with Crippen molar-refractivity contribution >= 4 is 11.8 Å². The van der Waals surface area contributed by atoms with Crippen LogP contribution in [0.4, 0.5) is 28.0 Å². The molecule has 2 aromatic carbocycles. The number of benzene rings is 2. The van der Waals surface area contributed by atoms with E-state index in [2.05, 4.69) is 20.5 Å². The van der Waals surface area contributed by atoms with Crippen LogP contribution in [-0.2, 0) is 11.3 Å². The van der Waals surface area contributed by atoms with E-state index in [1.807, 2.05) is 4.90 Å². The van der Waals surface area contributed by atoms with Gasteiger partial charge in [-0.15, -0.1) is 15.3 Å². The lowest BCUT2D eigenvalue weighted by Gasteiger charge is -2.37. The van der Waals surface area contributed by atoms with Gasteiger partial charge in [0.25, 0.3) is 5.89 Å². The molecule has 1 aliphatic rings. The second-order valence-corrected chi connectivity index (χ2v) is 10.5. The lowest BCUT2D eigenvalue weighted by molar-refractivity contribution is 0.0240. The van der Waals surface area contributed by atoms with Gasteiger partial charge >= 0.3 is 12.5 Å². The van der Waals surface area contributed by atoms with Crippen LogP contribution in [0.1, 0.15) is 38.7 Å². The van der Waals surface area contributed by atoms with E-state index in [4.69, 9.17) is 9.15 Å². The number of ether oxygens (including phenoxy) is 1. The number of nitrogens with zero attached hydrogens (tertiary/aromatic N) is 7. The summed E-state index contributed by atoms with van der Waals surface area (Å²) >= 11 is 0. The highest BCUT2D eigenvalue weighted by Gasteiger charge is 2.27. The smallest absolute Gasteiger partial charge is 0.410 e. The molecule has 14 heteroatoms. The van der Waals surface area contributed by atoms with Crippen LogP contribution >= 0.6 is 0 Å². The Hall–Kier alpha value is -4.49. The van der Waals surface area contributed by atoms with E-state index in [1.165, 1.54) is 22.9 Å². The van der Waals surface area contributed by atoms with Crippen LogP contribution in [0.15, 0.2) is 47.0 Å². The zero-order valence-electron chi connectivity index (χ0n) is 22.5. The minimum absolute atomic E-state index is 0.0336. The van der Waals surface area contributed by atoms with Crippen molar-refractivity contribution in [2.75, 3.05) is 31.1 Å². The summed E-state index contributed by atoms with van der Waals surface area (Å²) in [6.07, 6.45) is -1.71. The van der Waals surface area contributed by atoms with Gasteiger partial charge in [0.1, 0.15) is 22.9 Å². The van der Waals surface area contributed by atoms with Crippen LogP contribution in [0.25, 0.3) is 22.7 Å². The van der Waals surface area contributed by atoms with Crippen molar-refractivity contribution in [3.63, 3.8) is 0 Å². The Balaban J connectivity index is 1.26. The topological polar surface area (TPSA) is 102 Å². The predicted molar refractivity (Wildman–Crippen MR) is 139 cm³/mol. The van der Waals surface area contributed by atoms with Gasteiger partial charge in [0.2, 0.25) is 5.89 Å². The third-order valence-corrected chi connectivity index (χ3v) is 6.31. The number of carbonyl (C=O) groups excluding carboxylic acids is 1. The standard InChI is InChI=1S/C27H27F4N7O3/c1-27(2,3)41-26(39)37-10-8-36(9-11-37)22-13-16(6-7-19(22)28)21-15-38(35-32-21)14-18-5-4-17(12-20(18)29)24-33-34-25(40-24)23(30)31/h4-7,12-13,15,23H,8-11,14H2,1-3H3. The molecule has 10 nitrogen and oxygen atoms in total. The molecule has 4 aromatic rings. The number of anilines is 1. The lowest BCUT2D eigenvalue weighted by Crippen LogP contribution is -2.50. The van der Waals surface area contributed by atoms with E-state index in [0.717, 1.165) is 6.07 Å². The van der Waals surface area contributed by atoms with Crippen LogP contribution < -0.4 is 4.90 Å². The van der Waals surface area contributed by atoms with Crippen molar-refractivity contribution in [1.82, 2.24) is 30.1 Å². The van der Waals surface area contributed by atoms with Crippen LogP contribution in [-0.4, -0.2) is 68.0 Å². The molecule has 0 radical (unpaired) electrons. The molecular formula is C27H27F4N7O3. The summed E-state index contributed by atoms with van der Waals surface area (Å²) in [5.41, 5.74) is 1.28. The molecule has 1 fully saturated rings. The predicted octanol–water partition coefficient (Wildman–Crippen LogP) is 5.32. The van der Waals surface area contributed by atoms with Crippen molar-refractivity contribution in [2.45, 2.75) is 39.3 Å². The van der Waals surface area contributed by atoms with Gasteiger partial charge in [0, 0.05) is 42.9 Å². The average Bonchev–Trinajstić information content (AvgIpc) is 3.60. The number of alkyl halides is 2. The normalized spacial score (nSPS) is 14.1. The second-order valence-electron chi connectivity index (χ2n) is 10.5. The first kappa shape index (κ1) is 28.1. The summed E-state index contributed by atoms with van der Waals surface area (Å²) in [7, 11) is 0. The molecule has 0 aliphatic carbocycles. The van der Waals surface area contributed by atoms with Crippen LogP contribution in [0, 0.1) is 11.6 Å². The number of amides is 1. The Morgan fingerprint density at radius 1 is 0.976 bits per heavy atom.